The zero-order valence-electron chi connectivity index (χ0n) is 7.77. The zero-order valence-corrected chi connectivity index (χ0v) is 7.77. The highest BCUT2D eigenvalue weighted by Gasteiger charge is 2.08. The molecule has 0 saturated carbocycles. The zero-order chi connectivity index (χ0) is 8.10. The Labute approximate surface area is 70.0 Å². The summed E-state index contributed by atoms with van der Waals surface area (Å²) >= 11 is 0. The highest BCUT2D eigenvalue weighted by Crippen LogP contribution is 2.06. The van der Waals surface area contributed by atoms with Crippen molar-refractivity contribution in [2.75, 3.05) is 19.8 Å². The second kappa shape index (κ2) is 4.73. The van der Waals surface area contributed by atoms with Gasteiger partial charge in [0.05, 0.1) is 0 Å². The minimum atomic E-state index is 0.622. The minimum Gasteiger partial charge on any atom is -0.302 e. The van der Waals surface area contributed by atoms with E-state index < -0.39 is 0 Å². The van der Waals surface area contributed by atoms with Gasteiger partial charge in [0.25, 0.3) is 0 Å². The molecule has 2 nitrogen and oxygen atoms in total. The first kappa shape index (κ1) is 9.01. The van der Waals surface area contributed by atoms with E-state index in [0.717, 1.165) is 6.67 Å². The summed E-state index contributed by atoms with van der Waals surface area (Å²) in [6.07, 6.45) is 4.21. The van der Waals surface area contributed by atoms with E-state index in [4.69, 9.17) is 0 Å². The maximum absolute atomic E-state index is 3.44. The SMILES string of the molecule is CC(C)NCN1CCCCC1. The molecule has 1 saturated heterocycles. The predicted molar refractivity (Wildman–Crippen MR) is 48.6 cm³/mol. The minimum absolute atomic E-state index is 0.622. The van der Waals surface area contributed by atoms with E-state index in [-0.39, 0.29) is 0 Å². The summed E-state index contributed by atoms with van der Waals surface area (Å²) in [5.41, 5.74) is 0. The number of hydrogen-bond acceptors (Lipinski definition) is 2. The van der Waals surface area contributed by atoms with Gasteiger partial charge in [-0.2, -0.15) is 0 Å². The molecule has 0 amide bonds. The van der Waals surface area contributed by atoms with Crippen LogP contribution in [0, 0.1) is 0 Å². The Hall–Kier alpha value is -0.0800. The van der Waals surface area contributed by atoms with Crippen molar-refractivity contribution in [1.29, 1.82) is 0 Å². The maximum Gasteiger partial charge on any atom is 0.0482 e. The van der Waals surface area contributed by atoms with Gasteiger partial charge >= 0.3 is 0 Å². The van der Waals surface area contributed by atoms with Gasteiger partial charge in [-0.05, 0) is 39.8 Å². The van der Waals surface area contributed by atoms with E-state index in [2.05, 4.69) is 24.1 Å². The first-order valence-corrected chi connectivity index (χ1v) is 4.75. The van der Waals surface area contributed by atoms with Gasteiger partial charge in [0.1, 0.15) is 0 Å². The summed E-state index contributed by atoms with van der Waals surface area (Å²) < 4.78 is 0. The van der Waals surface area contributed by atoms with Crippen molar-refractivity contribution in [3.05, 3.63) is 0 Å². The molecular formula is C9H20N2. The third-order valence-corrected chi connectivity index (χ3v) is 2.17. The van der Waals surface area contributed by atoms with E-state index >= 15 is 0 Å². The van der Waals surface area contributed by atoms with E-state index in [1.54, 1.807) is 0 Å². The number of likely N-dealkylation sites (tertiary alicyclic amines) is 1. The Morgan fingerprint density at radius 3 is 2.36 bits per heavy atom. The van der Waals surface area contributed by atoms with Crippen molar-refractivity contribution in [3.8, 4) is 0 Å². The van der Waals surface area contributed by atoms with Crippen LogP contribution in [0.5, 0.6) is 0 Å². The molecule has 0 unspecified atom stereocenters. The second-order valence-corrected chi connectivity index (χ2v) is 3.70. The first-order valence-electron chi connectivity index (χ1n) is 4.75. The fourth-order valence-electron chi connectivity index (χ4n) is 1.43. The van der Waals surface area contributed by atoms with Crippen LogP contribution >= 0.6 is 0 Å². The molecule has 0 atom stereocenters. The maximum atomic E-state index is 3.44. The fraction of sp³-hybridized carbons (Fsp3) is 1.00. The molecule has 66 valence electrons. The van der Waals surface area contributed by atoms with Crippen LogP contribution in [-0.2, 0) is 0 Å². The largest absolute Gasteiger partial charge is 0.302 e. The van der Waals surface area contributed by atoms with Crippen LogP contribution in [-0.4, -0.2) is 30.7 Å². The number of piperidine rings is 1. The molecule has 0 radical (unpaired) electrons. The topological polar surface area (TPSA) is 15.3 Å². The third-order valence-electron chi connectivity index (χ3n) is 2.17. The molecular weight excluding hydrogens is 136 g/mol. The van der Waals surface area contributed by atoms with Crippen LogP contribution in [0.3, 0.4) is 0 Å². The summed E-state index contributed by atoms with van der Waals surface area (Å²) in [6.45, 7) is 8.06. The molecule has 0 bridgehead atoms. The van der Waals surface area contributed by atoms with Crippen LogP contribution < -0.4 is 5.32 Å². The summed E-state index contributed by atoms with van der Waals surface area (Å²) in [5.74, 6) is 0. The lowest BCUT2D eigenvalue weighted by Crippen LogP contribution is -2.40. The summed E-state index contributed by atoms with van der Waals surface area (Å²) in [4.78, 5) is 2.50. The molecule has 2 heteroatoms. The van der Waals surface area contributed by atoms with Gasteiger partial charge in [-0.3, -0.25) is 4.90 Å². The molecule has 0 aromatic rings. The van der Waals surface area contributed by atoms with Crippen molar-refractivity contribution >= 4 is 0 Å². The highest BCUT2D eigenvalue weighted by molar-refractivity contribution is 4.64. The van der Waals surface area contributed by atoms with E-state index in [9.17, 15) is 0 Å². The van der Waals surface area contributed by atoms with Gasteiger partial charge in [-0.25, -0.2) is 0 Å². The average Bonchev–Trinajstić information content (AvgIpc) is 2.03. The van der Waals surface area contributed by atoms with Crippen LogP contribution in [0.4, 0.5) is 0 Å². The molecule has 0 aliphatic carbocycles. The van der Waals surface area contributed by atoms with Gasteiger partial charge in [0.2, 0.25) is 0 Å². The molecule has 0 aromatic carbocycles. The monoisotopic (exact) mass is 156 g/mol. The molecule has 1 fully saturated rings. The molecule has 1 rings (SSSR count). The molecule has 11 heavy (non-hydrogen) atoms. The first-order chi connectivity index (χ1) is 5.29. The van der Waals surface area contributed by atoms with Gasteiger partial charge in [0, 0.05) is 12.7 Å². The molecule has 0 spiro atoms. The van der Waals surface area contributed by atoms with Crippen molar-refractivity contribution in [1.82, 2.24) is 10.2 Å². The Morgan fingerprint density at radius 1 is 1.18 bits per heavy atom. The van der Waals surface area contributed by atoms with E-state index in [1.165, 1.54) is 32.4 Å². The standard InChI is InChI=1S/C9H20N2/c1-9(2)10-8-11-6-4-3-5-7-11/h9-10H,3-8H2,1-2H3. The van der Waals surface area contributed by atoms with Crippen LogP contribution in [0.15, 0.2) is 0 Å². The number of nitrogens with zero attached hydrogens (tertiary/aromatic N) is 1. The molecule has 1 aliphatic heterocycles. The molecule has 1 heterocycles. The highest BCUT2D eigenvalue weighted by atomic mass is 15.2. The average molecular weight is 156 g/mol. The normalized spacial score (nSPS) is 21.0. The van der Waals surface area contributed by atoms with E-state index in [0.29, 0.717) is 6.04 Å². The van der Waals surface area contributed by atoms with Gasteiger partial charge in [-0.15, -0.1) is 0 Å². The van der Waals surface area contributed by atoms with Crippen molar-refractivity contribution in [3.63, 3.8) is 0 Å². The van der Waals surface area contributed by atoms with Crippen molar-refractivity contribution in [2.45, 2.75) is 39.2 Å². The fourth-order valence-corrected chi connectivity index (χ4v) is 1.43. The van der Waals surface area contributed by atoms with Crippen LogP contribution in [0.25, 0.3) is 0 Å². The number of rotatable bonds is 3. The quantitative estimate of drug-likeness (QED) is 0.665. The second-order valence-electron chi connectivity index (χ2n) is 3.70. The van der Waals surface area contributed by atoms with Gasteiger partial charge in [0.15, 0.2) is 0 Å². The Kier molecular flexibility index (Phi) is 3.87. The summed E-state index contributed by atoms with van der Waals surface area (Å²) in [7, 11) is 0. The molecule has 1 N–H and O–H groups in total. The lowest BCUT2D eigenvalue weighted by atomic mass is 10.1. The van der Waals surface area contributed by atoms with Gasteiger partial charge in [-0.1, -0.05) is 6.42 Å². The van der Waals surface area contributed by atoms with Crippen LogP contribution in [0.2, 0.25) is 0 Å². The molecule has 1 aliphatic rings. The van der Waals surface area contributed by atoms with E-state index in [1.807, 2.05) is 0 Å². The third kappa shape index (κ3) is 3.73. The van der Waals surface area contributed by atoms with Crippen LogP contribution in [0.1, 0.15) is 33.1 Å². The van der Waals surface area contributed by atoms with Crippen molar-refractivity contribution in [2.24, 2.45) is 0 Å². The summed E-state index contributed by atoms with van der Waals surface area (Å²) in [5, 5.41) is 3.44. The number of hydrogen-bond donors (Lipinski definition) is 1. The Balaban J connectivity index is 2.05. The smallest absolute Gasteiger partial charge is 0.0482 e. The number of nitrogens with one attached hydrogen (secondary N) is 1. The predicted octanol–water partition coefficient (Wildman–Crippen LogP) is 1.43. The lowest BCUT2D eigenvalue weighted by Gasteiger charge is -2.27. The Bertz CT molecular complexity index is 95.7. The molecule has 0 aromatic heterocycles. The van der Waals surface area contributed by atoms with Crippen molar-refractivity contribution < 1.29 is 0 Å². The summed E-state index contributed by atoms with van der Waals surface area (Å²) in [6, 6.07) is 0.622. The van der Waals surface area contributed by atoms with Gasteiger partial charge < -0.3 is 5.32 Å². The Morgan fingerprint density at radius 2 is 1.82 bits per heavy atom. The lowest BCUT2D eigenvalue weighted by molar-refractivity contribution is 0.206.